The quantitative estimate of drug-likeness (QED) is 0.583. The Hall–Kier alpha value is -1.57. The van der Waals surface area contributed by atoms with Gasteiger partial charge < -0.3 is 10.8 Å². The van der Waals surface area contributed by atoms with E-state index >= 15 is 0 Å². The average molecular weight is 225 g/mol. The number of nitrogens with two attached hydrogens (primary N) is 1. The summed E-state index contributed by atoms with van der Waals surface area (Å²) < 4.78 is 0. The molecule has 0 aliphatic rings. The van der Waals surface area contributed by atoms with Crippen molar-refractivity contribution in [2.45, 2.75) is 6.42 Å². The highest BCUT2D eigenvalue weighted by Crippen LogP contribution is 2.13. The summed E-state index contributed by atoms with van der Waals surface area (Å²) in [4.78, 5) is 14.4. The van der Waals surface area contributed by atoms with Gasteiger partial charge in [0, 0.05) is 19.2 Å². The molecule has 0 aliphatic carbocycles. The van der Waals surface area contributed by atoms with Gasteiger partial charge in [0.2, 0.25) is 0 Å². The number of halogens is 1. The highest BCUT2D eigenvalue weighted by Gasteiger charge is 2.06. The summed E-state index contributed by atoms with van der Waals surface area (Å²) in [6, 6.07) is 1.39. The number of carbonyl (C=O) groups is 1. The lowest BCUT2D eigenvalue weighted by atomic mass is 10.2. The Balaban J connectivity index is 3.02. The summed E-state index contributed by atoms with van der Waals surface area (Å²) in [5.74, 6) is 4.43. The summed E-state index contributed by atoms with van der Waals surface area (Å²) >= 11 is 5.74. The van der Waals surface area contributed by atoms with Gasteiger partial charge in [-0.2, -0.15) is 0 Å². The fraction of sp³-hybridized carbons (Fsp3) is 0.200. The van der Waals surface area contributed by atoms with Crippen molar-refractivity contribution >= 4 is 17.6 Å². The zero-order valence-electron chi connectivity index (χ0n) is 7.83. The maximum Gasteiger partial charge on any atom is 0.337 e. The zero-order valence-corrected chi connectivity index (χ0v) is 8.58. The molecule has 0 aromatic carbocycles. The number of nitrogens with zero attached hydrogens (tertiary/aromatic N) is 1. The van der Waals surface area contributed by atoms with Gasteiger partial charge in [0.15, 0.2) is 0 Å². The molecule has 0 spiro atoms. The van der Waals surface area contributed by atoms with Gasteiger partial charge in [0.1, 0.15) is 5.15 Å². The molecule has 5 heteroatoms. The smallest absolute Gasteiger partial charge is 0.337 e. The molecule has 4 nitrogen and oxygen atoms in total. The third kappa shape index (κ3) is 3.24. The fourth-order valence-corrected chi connectivity index (χ4v) is 1.03. The largest absolute Gasteiger partial charge is 0.478 e. The van der Waals surface area contributed by atoms with Crippen LogP contribution in [-0.2, 0) is 0 Å². The lowest BCUT2D eigenvalue weighted by molar-refractivity contribution is 0.0696. The predicted octanol–water partition coefficient (Wildman–Crippen LogP) is 1.13. The van der Waals surface area contributed by atoms with Gasteiger partial charge in [-0.15, -0.1) is 0 Å². The fourth-order valence-electron chi connectivity index (χ4n) is 0.883. The van der Waals surface area contributed by atoms with E-state index in [9.17, 15) is 4.79 Å². The molecule has 15 heavy (non-hydrogen) atoms. The Morgan fingerprint density at radius 1 is 1.67 bits per heavy atom. The topological polar surface area (TPSA) is 76.2 Å². The molecule has 0 fully saturated rings. The van der Waals surface area contributed by atoms with E-state index in [1.54, 1.807) is 0 Å². The lowest BCUT2D eigenvalue weighted by Gasteiger charge is -1.97. The van der Waals surface area contributed by atoms with Crippen LogP contribution in [-0.4, -0.2) is 22.6 Å². The third-order valence-corrected chi connectivity index (χ3v) is 1.88. The van der Waals surface area contributed by atoms with E-state index in [1.807, 2.05) is 0 Å². The number of carboxylic acids is 1. The maximum absolute atomic E-state index is 10.6. The van der Waals surface area contributed by atoms with E-state index in [2.05, 4.69) is 16.8 Å². The number of pyridine rings is 1. The van der Waals surface area contributed by atoms with Crippen molar-refractivity contribution in [1.82, 2.24) is 4.98 Å². The molecule has 0 bridgehead atoms. The molecule has 0 atom stereocenters. The average Bonchev–Trinajstić information content (AvgIpc) is 2.20. The van der Waals surface area contributed by atoms with Gasteiger partial charge in [-0.3, -0.25) is 0 Å². The van der Waals surface area contributed by atoms with E-state index in [0.29, 0.717) is 18.5 Å². The van der Waals surface area contributed by atoms with Crippen LogP contribution in [0.2, 0.25) is 5.15 Å². The minimum Gasteiger partial charge on any atom is -0.478 e. The molecule has 3 N–H and O–H groups in total. The Morgan fingerprint density at radius 3 is 3.00 bits per heavy atom. The summed E-state index contributed by atoms with van der Waals surface area (Å²) in [5.41, 5.74) is 5.74. The first-order valence-electron chi connectivity index (χ1n) is 4.23. The molecule has 78 valence electrons. The molecule has 0 aliphatic heterocycles. The van der Waals surface area contributed by atoms with Crippen LogP contribution in [0, 0.1) is 11.8 Å². The molecular weight excluding hydrogens is 216 g/mol. The van der Waals surface area contributed by atoms with Crippen molar-refractivity contribution in [3.63, 3.8) is 0 Å². The number of rotatable bonds is 2. The van der Waals surface area contributed by atoms with Crippen molar-refractivity contribution in [1.29, 1.82) is 0 Å². The van der Waals surface area contributed by atoms with E-state index in [1.165, 1.54) is 12.3 Å². The van der Waals surface area contributed by atoms with Crippen LogP contribution in [0.25, 0.3) is 0 Å². The molecule has 1 heterocycles. The highest BCUT2D eigenvalue weighted by atomic mass is 35.5. The first-order valence-corrected chi connectivity index (χ1v) is 4.60. The maximum atomic E-state index is 10.6. The molecule has 0 saturated heterocycles. The molecule has 0 saturated carbocycles. The van der Waals surface area contributed by atoms with Crippen LogP contribution in [0.5, 0.6) is 0 Å². The van der Waals surface area contributed by atoms with Gasteiger partial charge in [0.25, 0.3) is 0 Å². The number of hydrogen-bond acceptors (Lipinski definition) is 3. The number of hydrogen-bond donors (Lipinski definition) is 2. The SMILES string of the molecule is NCCC#Cc1cc(C(=O)O)cnc1Cl. The normalized spacial score (nSPS) is 9.20. The van der Waals surface area contributed by atoms with Crippen molar-refractivity contribution in [2.75, 3.05) is 6.54 Å². The van der Waals surface area contributed by atoms with Gasteiger partial charge >= 0.3 is 5.97 Å². The molecule has 1 aromatic heterocycles. The second kappa shape index (κ2) is 5.35. The molecular formula is C10H9ClN2O2. The van der Waals surface area contributed by atoms with Crippen LogP contribution in [0.4, 0.5) is 0 Å². The van der Waals surface area contributed by atoms with Crippen LogP contribution >= 0.6 is 11.6 Å². The number of aromatic carboxylic acids is 1. The first-order chi connectivity index (χ1) is 7.15. The molecule has 0 unspecified atom stereocenters. The molecule has 1 rings (SSSR count). The first kappa shape index (κ1) is 11.5. The van der Waals surface area contributed by atoms with Gasteiger partial charge in [-0.25, -0.2) is 9.78 Å². The molecule has 1 aromatic rings. The van der Waals surface area contributed by atoms with Crippen molar-refractivity contribution in [2.24, 2.45) is 5.73 Å². The number of carboxylic acid groups (broad SMARTS) is 1. The zero-order chi connectivity index (χ0) is 11.3. The second-order valence-corrected chi connectivity index (χ2v) is 3.07. The van der Waals surface area contributed by atoms with Crippen LogP contribution in [0.3, 0.4) is 0 Å². The van der Waals surface area contributed by atoms with Crippen LogP contribution in [0.15, 0.2) is 12.3 Å². The minimum atomic E-state index is -1.05. The van der Waals surface area contributed by atoms with Gasteiger partial charge in [-0.05, 0) is 6.07 Å². The standard InChI is InChI=1S/C10H9ClN2O2/c11-9-7(3-1-2-4-12)5-8(6-13-9)10(14)15/h5-6H,2,4,12H2,(H,14,15). The molecule has 0 amide bonds. The Bertz CT molecular complexity index is 435. The highest BCUT2D eigenvalue weighted by molar-refractivity contribution is 6.30. The van der Waals surface area contributed by atoms with E-state index in [4.69, 9.17) is 22.4 Å². The lowest BCUT2D eigenvalue weighted by Crippen LogP contribution is -1.99. The summed E-state index contributed by atoms with van der Waals surface area (Å²) in [6.45, 7) is 0.455. The van der Waals surface area contributed by atoms with Crippen molar-refractivity contribution in [3.05, 3.63) is 28.5 Å². The molecule has 0 radical (unpaired) electrons. The Kier molecular flexibility index (Phi) is 4.10. The Labute approximate surface area is 92.1 Å². The van der Waals surface area contributed by atoms with E-state index in [-0.39, 0.29) is 10.7 Å². The predicted molar refractivity (Wildman–Crippen MR) is 56.8 cm³/mol. The van der Waals surface area contributed by atoms with Crippen molar-refractivity contribution in [3.8, 4) is 11.8 Å². The number of aromatic nitrogens is 1. The summed E-state index contributed by atoms with van der Waals surface area (Å²) in [6.07, 6.45) is 1.73. The van der Waals surface area contributed by atoms with Gasteiger partial charge in [0.05, 0.1) is 11.1 Å². The summed E-state index contributed by atoms with van der Waals surface area (Å²) in [7, 11) is 0. The van der Waals surface area contributed by atoms with Crippen LogP contribution < -0.4 is 5.73 Å². The van der Waals surface area contributed by atoms with E-state index < -0.39 is 5.97 Å². The monoisotopic (exact) mass is 224 g/mol. The van der Waals surface area contributed by atoms with Crippen LogP contribution in [0.1, 0.15) is 22.3 Å². The van der Waals surface area contributed by atoms with Crippen molar-refractivity contribution < 1.29 is 9.90 Å². The van der Waals surface area contributed by atoms with Gasteiger partial charge in [-0.1, -0.05) is 23.4 Å². The second-order valence-electron chi connectivity index (χ2n) is 2.71. The summed E-state index contributed by atoms with van der Waals surface area (Å²) in [5, 5.41) is 8.92. The van der Waals surface area contributed by atoms with E-state index in [0.717, 1.165) is 0 Å². The third-order valence-electron chi connectivity index (χ3n) is 1.58. The Morgan fingerprint density at radius 2 is 2.40 bits per heavy atom. The minimum absolute atomic E-state index is 0.0662.